The van der Waals surface area contributed by atoms with Gasteiger partial charge in [0.15, 0.2) is 0 Å². The maximum absolute atomic E-state index is 11.2. The van der Waals surface area contributed by atoms with Crippen molar-refractivity contribution < 1.29 is 14.3 Å². The minimum atomic E-state index is -0.610. The number of esters is 1. The Balaban J connectivity index is 2.34. The number of hydrogen-bond acceptors (Lipinski definition) is 4. The third-order valence-corrected chi connectivity index (χ3v) is 3.15. The van der Waals surface area contributed by atoms with Crippen molar-refractivity contribution >= 4 is 5.97 Å². The van der Waals surface area contributed by atoms with Crippen LogP contribution in [0.15, 0.2) is 24.3 Å². The monoisotopic (exact) mass is 279 g/mol. The lowest BCUT2D eigenvalue weighted by Crippen LogP contribution is -2.33. The van der Waals surface area contributed by atoms with Crippen molar-refractivity contribution in [2.75, 3.05) is 13.7 Å². The van der Waals surface area contributed by atoms with E-state index in [0.717, 1.165) is 24.3 Å². The molecule has 0 aliphatic rings. The molecule has 1 rings (SSSR count). The molecule has 1 atom stereocenters. The second kappa shape index (κ2) is 9.37. The molecule has 0 aliphatic carbocycles. The summed E-state index contributed by atoms with van der Waals surface area (Å²) in [5.74, 6) is 0.470. The van der Waals surface area contributed by atoms with Gasteiger partial charge in [-0.25, -0.2) is 0 Å². The minimum Gasteiger partial charge on any atom is -0.494 e. The van der Waals surface area contributed by atoms with Crippen LogP contribution in [0.2, 0.25) is 0 Å². The van der Waals surface area contributed by atoms with Crippen LogP contribution in [0.1, 0.15) is 38.2 Å². The standard InChI is InChI=1S/C16H25NO3/c1-3-4-5-6-11-20-14-9-7-13(8-10-14)12-15(17)16(18)19-2/h7-10,15H,3-6,11-12,17H2,1-2H3. The molecule has 0 saturated carbocycles. The molecule has 20 heavy (non-hydrogen) atoms. The van der Waals surface area contributed by atoms with Crippen molar-refractivity contribution in [1.82, 2.24) is 0 Å². The topological polar surface area (TPSA) is 61.5 Å². The van der Waals surface area contributed by atoms with Crippen LogP contribution >= 0.6 is 0 Å². The zero-order valence-electron chi connectivity index (χ0n) is 12.4. The first-order valence-corrected chi connectivity index (χ1v) is 7.22. The number of nitrogens with two attached hydrogens (primary N) is 1. The Kier molecular flexibility index (Phi) is 7.73. The largest absolute Gasteiger partial charge is 0.494 e. The van der Waals surface area contributed by atoms with Gasteiger partial charge in [-0.15, -0.1) is 0 Å². The molecule has 0 heterocycles. The number of benzene rings is 1. The first-order chi connectivity index (χ1) is 9.67. The first-order valence-electron chi connectivity index (χ1n) is 7.22. The summed E-state index contributed by atoms with van der Waals surface area (Å²) in [6, 6.07) is 7.09. The lowest BCUT2D eigenvalue weighted by atomic mass is 10.1. The SMILES string of the molecule is CCCCCCOc1ccc(CC(N)C(=O)OC)cc1. The lowest BCUT2D eigenvalue weighted by Gasteiger charge is -2.10. The van der Waals surface area contributed by atoms with Crippen LogP contribution < -0.4 is 10.5 Å². The molecule has 1 aromatic carbocycles. The van der Waals surface area contributed by atoms with Crippen molar-refractivity contribution in [3.05, 3.63) is 29.8 Å². The molecule has 2 N–H and O–H groups in total. The number of rotatable bonds is 9. The Morgan fingerprint density at radius 2 is 1.90 bits per heavy atom. The van der Waals surface area contributed by atoms with Crippen LogP contribution in [-0.4, -0.2) is 25.7 Å². The van der Waals surface area contributed by atoms with E-state index in [1.807, 2.05) is 24.3 Å². The molecule has 4 nitrogen and oxygen atoms in total. The van der Waals surface area contributed by atoms with E-state index in [-0.39, 0.29) is 5.97 Å². The van der Waals surface area contributed by atoms with Gasteiger partial charge in [-0.05, 0) is 30.5 Å². The quantitative estimate of drug-likeness (QED) is 0.557. The predicted octanol–water partition coefficient (Wildman–Crippen LogP) is 2.69. The minimum absolute atomic E-state index is 0.388. The molecular weight excluding hydrogens is 254 g/mol. The van der Waals surface area contributed by atoms with E-state index in [0.29, 0.717) is 6.42 Å². The average Bonchev–Trinajstić information content (AvgIpc) is 2.47. The lowest BCUT2D eigenvalue weighted by molar-refractivity contribution is -0.142. The molecule has 0 aliphatic heterocycles. The van der Waals surface area contributed by atoms with Gasteiger partial charge in [-0.1, -0.05) is 38.3 Å². The Morgan fingerprint density at radius 1 is 1.20 bits per heavy atom. The fourth-order valence-electron chi connectivity index (χ4n) is 1.93. The summed E-state index contributed by atoms with van der Waals surface area (Å²) in [6.07, 6.45) is 5.26. The number of carbonyl (C=O) groups excluding carboxylic acids is 1. The fraction of sp³-hybridized carbons (Fsp3) is 0.562. The average molecular weight is 279 g/mol. The number of unbranched alkanes of at least 4 members (excludes halogenated alkanes) is 3. The summed E-state index contributed by atoms with van der Waals surface area (Å²) in [6.45, 7) is 2.94. The van der Waals surface area contributed by atoms with Crippen molar-refractivity contribution in [2.24, 2.45) is 5.73 Å². The van der Waals surface area contributed by atoms with Gasteiger partial charge in [-0.2, -0.15) is 0 Å². The first kappa shape index (κ1) is 16.5. The molecule has 4 heteroatoms. The van der Waals surface area contributed by atoms with Gasteiger partial charge in [0.2, 0.25) is 0 Å². The van der Waals surface area contributed by atoms with Gasteiger partial charge < -0.3 is 15.2 Å². The Bertz CT molecular complexity index is 389. The molecule has 0 fully saturated rings. The molecule has 0 aromatic heterocycles. The van der Waals surface area contributed by atoms with Crippen LogP contribution in [0.25, 0.3) is 0 Å². The number of carbonyl (C=O) groups is 1. The third-order valence-electron chi connectivity index (χ3n) is 3.15. The van der Waals surface area contributed by atoms with E-state index in [4.69, 9.17) is 10.5 Å². The van der Waals surface area contributed by atoms with Gasteiger partial charge in [-0.3, -0.25) is 4.79 Å². The van der Waals surface area contributed by atoms with Crippen LogP contribution in [-0.2, 0) is 16.0 Å². The molecule has 0 radical (unpaired) electrons. The van der Waals surface area contributed by atoms with Crippen molar-refractivity contribution in [2.45, 2.75) is 45.1 Å². The van der Waals surface area contributed by atoms with Crippen LogP contribution in [0.3, 0.4) is 0 Å². The molecular formula is C16H25NO3. The summed E-state index contributed by atoms with van der Waals surface area (Å²) in [7, 11) is 1.34. The number of hydrogen-bond donors (Lipinski definition) is 1. The molecule has 0 bridgehead atoms. The maximum atomic E-state index is 11.2. The highest BCUT2D eigenvalue weighted by Crippen LogP contribution is 2.14. The summed E-state index contributed by atoms with van der Waals surface area (Å²) >= 11 is 0. The predicted molar refractivity (Wildman–Crippen MR) is 79.8 cm³/mol. The highest BCUT2D eigenvalue weighted by molar-refractivity contribution is 5.75. The van der Waals surface area contributed by atoms with E-state index in [2.05, 4.69) is 11.7 Å². The third kappa shape index (κ3) is 6.06. The number of methoxy groups -OCH3 is 1. The smallest absolute Gasteiger partial charge is 0.322 e. The molecule has 0 saturated heterocycles. The van der Waals surface area contributed by atoms with E-state index >= 15 is 0 Å². The zero-order valence-corrected chi connectivity index (χ0v) is 12.4. The van der Waals surface area contributed by atoms with Crippen molar-refractivity contribution in [3.8, 4) is 5.75 Å². The normalized spacial score (nSPS) is 11.9. The summed E-state index contributed by atoms with van der Waals surface area (Å²) < 4.78 is 10.3. The molecule has 0 amide bonds. The summed E-state index contributed by atoms with van der Waals surface area (Å²) in [4.78, 5) is 11.2. The van der Waals surface area contributed by atoms with Gasteiger partial charge in [0, 0.05) is 0 Å². The Labute approximate surface area is 121 Å². The summed E-state index contributed by atoms with van der Waals surface area (Å²) in [5, 5.41) is 0. The Morgan fingerprint density at radius 3 is 2.50 bits per heavy atom. The van der Waals surface area contributed by atoms with Crippen LogP contribution in [0, 0.1) is 0 Å². The number of ether oxygens (including phenoxy) is 2. The second-order valence-corrected chi connectivity index (χ2v) is 4.89. The molecule has 0 spiro atoms. The van der Waals surface area contributed by atoms with E-state index in [9.17, 15) is 4.79 Å². The van der Waals surface area contributed by atoms with Gasteiger partial charge in [0.05, 0.1) is 13.7 Å². The highest BCUT2D eigenvalue weighted by Gasteiger charge is 2.13. The van der Waals surface area contributed by atoms with E-state index in [1.54, 1.807) is 0 Å². The maximum Gasteiger partial charge on any atom is 0.322 e. The molecule has 112 valence electrons. The van der Waals surface area contributed by atoms with Crippen LogP contribution in [0.4, 0.5) is 0 Å². The van der Waals surface area contributed by atoms with Gasteiger partial charge in [0.1, 0.15) is 11.8 Å². The Hall–Kier alpha value is -1.55. The van der Waals surface area contributed by atoms with Crippen molar-refractivity contribution in [1.29, 1.82) is 0 Å². The van der Waals surface area contributed by atoms with E-state index < -0.39 is 6.04 Å². The van der Waals surface area contributed by atoms with Crippen molar-refractivity contribution in [3.63, 3.8) is 0 Å². The zero-order chi connectivity index (χ0) is 14.8. The summed E-state index contributed by atoms with van der Waals surface area (Å²) in [5.41, 5.74) is 6.72. The van der Waals surface area contributed by atoms with Crippen LogP contribution in [0.5, 0.6) is 5.75 Å². The fourth-order valence-corrected chi connectivity index (χ4v) is 1.93. The van der Waals surface area contributed by atoms with Gasteiger partial charge >= 0.3 is 5.97 Å². The molecule has 1 aromatic rings. The van der Waals surface area contributed by atoms with Gasteiger partial charge in [0.25, 0.3) is 0 Å². The molecule has 1 unspecified atom stereocenters. The highest BCUT2D eigenvalue weighted by atomic mass is 16.5. The van der Waals surface area contributed by atoms with E-state index in [1.165, 1.54) is 26.4 Å². The second-order valence-electron chi connectivity index (χ2n) is 4.89.